The molecule has 0 fully saturated rings. The second kappa shape index (κ2) is 6.84. The van der Waals surface area contributed by atoms with E-state index in [1.165, 1.54) is 0 Å². The number of halogens is 1. The predicted molar refractivity (Wildman–Crippen MR) is 70.8 cm³/mol. The lowest BCUT2D eigenvalue weighted by Crippen LogP contribution is -2.19. The van der Waals surface area contributed by atoms with Crippen molar-refractivity contribution in [3.8, 4) is 5.75 Å². The normalized spacial score (nSPS) is 14.4. The lowest BCUT2D eigenvalue weighted by molar-refractivity contribution is 0.0921. The molecule has 0 heterocycles. The van der Waals surface area contributed by atoms with Crippen molar-refractivity contribution >= 4 is 11.6 Å². The first-order valence-electron chi connectivity index (χ1n) is 5.72. The van der Waals surface area contributed by atoms with Crippen LogP contribution in [0, 0.1) is 0 Å². The average Bonchev–Trinajstić information content (AvgIpc) is 2.21. The van der Waals surface area contributed by atoms with Crippen LogP contribution in [0.25, 0.3) is 0 Å². The molecule has 96 valence electrons. The molecule has 0 bridgehead atoms. The summed E-state index contributed by atoms with van der Waals surface area (Å²) in [5, 5.41) is 0.617. The van der Waals surface area contributed by atoms with Gasteiger partial charge in [0.25, 0.3) is 0 Å². The van der Waals surface area contributed by atoms with Crippen molar-refractivity contribution in [2.75, 3.05) is 13.7 Å². The Bertz CT molecular complexity index is 355. The Kier molecular flexibility index (Phi) is 5.75. The van der Waals surface area contributed by atoms with Crippen LogP contribution in [0.4, 0.5) is 0 Å². The van der Waals surface area contributed by atoms with Gasteiger partial charge < -0.3 is 15.2 Å². The summed E-state index contributed by atoms with van der Waals surface area (Å²) in [5.41, 5.74) is 6.86. The van der Waals surface area contributed by atoms with E-state index in [-0.39, 0.29) is 12.1 Å². The van der Waals surface area contributed by atoms with Gasteiger partial charge in [-0.25, -0.2) is 0 Å². The monoisotopic (exact) mass is 257 g/mol. The molecule has 2 unspecified atom stereocenters. The summed E-state index contributed by atoms with van der Waals surface area (Å²) in [7, 11) is 1.65. The topological polar surface area (TPSA) is 44.5 Å². The van der Waals surface area contributed by atoms with Crippen LogP contribution in [0.1, 0.15) is 19.4 Å². The fourth-order valence-electron chi connectivity index (χ4n) is 1.62. The summed E-state index contributed by atoms with van der Waals surface area (Å²) in [4.78, 5) is 0. The fraction of sp³-hybridized carbons (Fsp3) is 0.538. The SMILES string of the molecule is COCC(C)Oc1ccc(CC(C)N)cc1Cl. The van der Waals surface area contributed by atoms with E-state index in [0.29, 0.717) is 17.4 Å². The van der Waals surface area contributed by atoms with Crippen LogP contribution in [-0.4, -0.2) is 25.9 Å². The highest BCUT2D eigenvalue weighted by Crippen LogP contribution is 2.26. The first-order chi connectivity index (χ1) is 8.02. The van der Waals surface area contributed by atoms with Crippen molar-refractivity contribution in [3.05, 3.63) is 28.8 Å². The molecule has 0 spiro atoms. The molecular weight excluding hydrogens is 238 g/mol. The van der Waals surface area contributed by atoms with Gasteiger partial charge in [-0.1, -0.05) is 17.7 Å². The van der Waals surface area contributed by atoms with Crippen molar-refractivity contribution in [1.82, 2.24) is 0 Å². The molecule has 3 nitrogen and oxygen atoms in total. The molecule has 2 N–H and O–H groups in total. The first kappa shape index (κ1) is 14.3. The maximum atomic E-state index is 6.15. The average molecular weight is 258 g/mol. The van der Waals surface area contributed by atoms with Gasteiger partial charge in [0.1, 0.15) is 11.9 Å². The van der Waals surface area contributed by atoms with Crippen molar-refractivity contribution in [3.63, 3.8) is 0 Å². The highest BCUT2D eigenvalue weighted by molar-refractivity contribution is 6.32. The van der Waals surface area contributed by atoms with Crippen LogP contribution in [0.5, 0.6) is 5.75 Å². The maximum absolute atomic E-state index is 6.15. The largest absolute Gasteiger partial charge is 0.487 e. The smallest absolute Gasteiger partial charge is 0.138 e. The quantitative estimate of drug-likeness (QED) is 0.852. The van der Waals surface area contributed by atoms with Gasteiger partial charge in [0.05, 0.1) is 11.6 Å². The number of rotatable bonds is 6. The summed E-state index contributed by atoms with van der Waals surface area (Å²) >= 11 is 6.15. The summed E-state index contributed by atoms with van der Waals surface area (Å²) in [5.74, 6) is 0.685. The number of ether oxygens (including phenoxy) is 2. The van der Waals surface area contributed by atoms with E-state index in [0.717, 1.165) is 12.0 Å². The van der Waals surface area contributed by atoms with Gasteiger partial charge in [-0.3, -0.25) is 0 Å². The van der Waals surface area contributed by atoms with Crippen molar-refractivity contribution in [2.24, 2.45) is 5.73 Å². The highest BCUT2D eigenvalue weighted by atomic mass is 35.5. The molecule has 1 rings (SSSR count). The molecule has 0 aromatic heterocycles. The molecule has 1 aromatic rings. The van der Waals surface area contributed by atoms with Crippen LogP contribution < -0.4 is 10.5 Å². The lowest BCUT2D eigenvalue weighted by Gasteiger charge is -2.15. The van der Waals surface area contributed by atoms with Crippen LogP contribution in [0.2, 0.25) is 5.02 Å². The fourth-order valence-corrected chi connectivity index (χ4v) is 1.87. The third-order valence-corrected chi connectivity index (χ3v) is 2.58. The summed E-state index contributed by atoms with van der Waals surface area (Å²) < 4.78 is 10.7. The summed E-state index contributed by atoms with van der Waals surface area (Å²) in [6.45, 7) is 4.45. The summed E-state index contributed by atoms with van der Waals surface area (Å²) in [6, 6.07) is 5.90. The third-order valence-electron chi connectivity index (χ3n) is 2.28. The van der Waals surface area contributed by atoms with E-state index < -0.39 is 0 Å². The molecule has 0 aliphatic rings. The first-order valence-corrected chi connectivity index (χ1v) is 6.10. The molecule has 0 aliphatic carbocycles. The van der Waals surface area contributed by atoms with Crippen LogP contribution in [0.15, 0.2) is 18.2 Å². The van der Waals surface area contributed by atoms with E-state index in [1.54, 1.807) is 7.11 Å². The van der Waals surface area contributed by atoms with E-state index >= 15 is 0 Å². The number of hydrogen-bond acceptors (Lipinski definition) is 3. The van der Waals surface area contributed by atoms with Gasteiger partial charge in [0.2, 0.25) is 0 Å². The maximum Gasteiger partial charge on any atom is 0.138 e. The minimum atomic E-state index is -0.0169. The second-order valence-electron chi connectivity index (χ2n) is 4.33. The van der Waals surface area contributed by atoms with E-state index in [4.69, 9.17) is 26.8 Å². The number of methoxy groups -OCH3 is 1. The predicted octanol–water partition coefficient (Wildman–Crippen LogP) is 2.64. The Hall–Kier alpha value is -0.770. The van der Waals surface area contributed by atoms with Crippen molar-refractivity contribution < 1.29 is 9.47 Å². The Balaban J connectivity index is 2.69. The van der Waals surface area contributed by atoms with Gasteiger partial charge in [-0.2, -0.15) is 0 Å². The zero-order chi connectivity index (χ0) is 12.8. The number of hydrogen-bond donors (Lipinski definition) is 1. The molecule has 0 amide bonds. The minimum absolute atomic E-state index is 0.0169. The molecule has 0 radical (unpaired) electrons. The van der Waals surface area contributed by atoms with Gasteiger partial charge >= 0.3 is 0 Å². The Morgan fingerprint density at radius 2 is 2.06 bits per heavy atom. The Morgan fingerprint density at radius 1 is 1.35 bits per heavy atom. The van der Waals surface area contributed by atoms with Crippen molar-refractivity contribution in [2.45, 2.75) is 32.4 Å². The van der Waals surface area contributed by atoms with E-state index in [1.807, 2.05) is 32.0 Å². The molecule has 4 heteroatoms. The Labute approximate surface area is 108 Å². The van der Waals surface area contributed by atoms with Gasteiger partial charge in [-0.05, 0) is 38.0 Å². The lowest BCUT2D eigenvalue weighted by atomic mass is 10.1. The molecule has 17 heavy (non-hydrogen) atoms. The third kappa shape index (κ3) is 4.94. The van der Waals surface area contributed by atoms with Crippen LogP contribution in [0.3, 0.4) is 0 Å². The standard InChI is InChI=1S/C13H20ClNO2/c1-9(15)6-11-4-5-13(12(14)7-11)17-10(2)8-16-3/h4-5,7,9-10H,6,8,15H2,1-3H3. The molecule has 0 aliphatic heterocycles. The van der Waals surface area contributed by atoms with Crippen LogP contribution in [-0.2, 0) is 11.2 Å². The highest BCUT2D eigenvalue weighted by Gasteiger charge is 2.08. The van der Waals surface area contributed by atoms with Crippen molar-refractivity contribution in [1.29, 1.82) is 0 Å². The minimum Gasteiger partial charge on any atom is -0.487 e. The molecular formula is C13H20ClNO2. The molecule has 1 aromatic carbocycles. The molecule has 0 saturated carbocycles. The van der Waals surface area contributed by atoms with E-state index in [9.17, 15) is 0 Å². The van der Waals surface area contributed by atoms with Crippen LogP contribution >= 0.6 is 11.6 Å². The second-order valence-corrected chi connectivity index (χ2v) is 4.74. The van der Waals surface area contributed by atoms with Gasteiger partial charge in [0.15, 0.2) is 0 Å². The van der Waals surface area contributed by atoms with Gasteiger partial charge in [-0.15, -0.1) is 0 Å². The van der Waals surface area contributed by atoms with Gasteiger partial charge in [0, 0.05) is 13.2 Å². The summed E-state index contributed by atoms with van der Waals surface area (Å²) in [6.07, 6.45) is 0.796. The Morgan fingerprint density at radius 3 is 2.59 bits per heavy atom. The number of benzene rings is 1. The molecule has 2 atom stereocenters. The zero-order valence-corrected chi connectivity index (χ0v) is 11.3. The zero-order valence-electron chi connectivity index (χ0n) is 10.6. The molecule has 0 saturated heterocycles. The van der Waals surface area contributed by atoms with E-state index in [2.05, 4.69) is 0 Å². The number of nitrogens with two attached hydrogens (primary N) is 1.